The van der Waals surface area contributed by atoms with Crippen molar-refractivity contribution in [2.75, 3.05) is 4.90 Å². The molecule has 3 rings (SSSR count). The predicted octanol–water partition coefficient (Wildman–Crippen LogP) is 4.23. The van der Waals surface area contributed by atoms with E-state index in [1.54, 1.807) is 4.90 Å². The van der Waals surface area contributed by atoms with Crippen molar-refractivity contribution in [1.29, 1.82) is 0 Å². The fraction of sp³-hybridized carbons (Fsp3) is 0.267. The third-order valence-corrected chi connectivity index (χ3v) is 2.85. The van der Waals surface area contributed by atoms with Crippen LogP contribution in [0.2, 0.25) is 0 Å². The molecular weight excluding hydrogens is 226 g/mol. The molecule has 0 bridgehead atoms. The fourth-order valence-corrected chi connectivity index (χ4v) is 2.04. The Morgan fingerprint density at radius 1 is 1.06 bits per heavy atom. The van der Waals surface area contributed by atoms with Gasteiger partial charge in [-0.3, -0.25) is 0 Å². The number of benzene rings is 2. The van der Waals surface area contributed by atoms with Gasteiger partial charge < -0.3 is 4.74 Å². The number of anilines is 2. The van der Waals surface area contributed by atoms with Gasteiger partial charge in [0.15, 0.2) is 0 Å². The lowest BCUT2D eigenvalue weighted by molar-refractivity contribution is 0.0610. The number of ether oxygens (including phenoxy) is 1. The lowest BCUT2D eigenvalue weighted by Crippen LogP contribution is -2.27. The van der Waals surface area contributed by atoms with E-state index >= 15 is 0 Å². The van der Waals surface area contributed by atoms with Crippen molar-refractivity contribution < 1.29 is 9.53 Å². The lowest BCUT2D eigenvalue weighted by Gasteiger charge is -2.19. The highest BCUT2D eigenvalue weighted by molar-refractivity contribution is 6.16. The van der Waals surface area contributed by atoms with E-state index in [2.05, 4.69) is 0 Å². The summed E-state index contributed by atoms with van der Waals surface area (Å²) < 4.78 is 5.36. The summed E-state index contributed by atoms with van der Waals surface area (Å²) in [6, 6.07) is 12.1. The second kappa shape index (κ2) is 3.48. The molecule has 3 nitrogen and oxygen atoms in total. The Labute approximate surface area is 106 Å². The van der Waals surface area contributed by atoms with E-state index in [1.165, 1.54) is 0 Å². The van der Waals surface area contributed by atoms with Crippen LogP contribution in [-0.4, -0.2) is 11.7 Å². The fourth-order valence-electron chi connectivity index (χ4n) is 2.04. The summed E-state index contributed by atoms with van der Waals surface area (Å²) >= 11 is 0. The minimum Gasteiger partial charge on any atom is -0.443 e. The summed E-state index contributed by atoms with van der Waals surface area (Å²) in [6.07, 6.45) is -0.298. The third kappa shape index (κ3) is 1.82. The van der Waals surface area contributed by atoms with Crippen molar-refractivity contribution in [3.05, 3.63) is 36.4 Å². The van der Waals surface area contributed by atoms with Gasteiger partial charge in [-0.15, -0.1) is 0 Å². The van der Waals surface area contributed by atoms with Crippen molar-refractivity contribution in [3.8, 4) is 0 Å². The van der Waals surface area contributed by atoms with E-state index in [4.69, 9.17) is 4.74 Å². The summed E-state index contributed by atoms with van der Waals surface area (Å²) in [5.74, 6) is 0. The summed E-state index contributed by atoms with van der Waals surface area (Å²) in [7, 11) is 0. The van der Waals surface area contributed by atoms with Crippen LogP contribution in [0.3, 0.4) is 0 Å². The Morgan fingerprint density at radius 3 is 2.00 bits per heavy atom. The normalized spacial score (nSPS) is 13.4. The Kier molecular flexibility index (Phi) is 2.14. The average Bonchev–Trinajstić information content (AvgIpc) is 2.96. The molecule has 1 aliphatic heterocycles. The molecule has 0 radical (unpaired) electrons. The molecule has 0 aliphatic carbocycles. The first kappa shape index (κ1) is 11.1. The summed E-state index contributed by atoms with van der Waals surface area (Å²) in [6.45, 7) is 5.61. The molecule has 2 aromatic rings. The maximum Gasteiger partial charge on any atom is 0.419 e. The molecule has 0 saturated heterocycles. The smallest absolute Gasteiger partial charge is 0.419 e. The molecule has 92 valence electrons. The number of carbonyl (C=O) groups is 1. The van der Waals surface area contributed by atoms with E-state index in [0.717, 1.165) is 22.1 Å². The molecule has 18 heavy (non-hydrogen) atoms. The van der Waals surface area contributed by atoms with Gasteiger partial charge in [-0.05, 0) is 43.7 Å². The maximum absolute atomic E-state index is 12.0. The zero-order valence-corrected chi connectivity index (χ0v) is 10.7. The Hall–Kier alpha value is -2.03. The van der Waals surface area contributed by atoms with Gasteiger partial charge in [-0.1, -0.05) is 24.3 Å². The van der Waals surface area contributed by atoms with Gasteiger partial charge >= 0.3 is 6.09 Å². The van der Waals surface area contributed by atoms with Gasteiger partial charge in [-0.2, -0.15) is 0 Å². The number of fused-ring (bicyclic) bond motifs is 2. The third-order valence-electron chi connectivity index (χ3n) is 2.85. The molecule has 1 amide bonds. The van der Waals surface area contributed by atoms with Gasteiger partial charge in [0.25, 0.3) is 0 Å². The lowest BCUT2D eigenvalue weighted by atomic mass is 10.1. The topological polar surface area (TPSA) is 29.3 Å². The number of nitrogens with zero attached hydrogens (tertiary/aromatic N) is 1. The number of amides is 1. The van der Waals surface area contributed by atoms with Gasteiger partial charge in [0.2, 0.25) is 0 Å². The number of hydrogen-bond acceptors (Lipinski definition) is 2. The van der Waals surface area contributed by atoms with Gasteiger partial charge in [0.05, 0.1) is 11.4 Å². The van der Waals surface area contributed by atoms with E-state index in [1.807, 2.05) is 57.2 Å². The van der Waals surface area contributed by atoms with Crippen molar-refractivity contribution in [1.82, 2.24) is 0 Å². The molecule has 0 aromatic heterocycles. The van der Waals surface area contributed by atoms with Crippen LogP contribution in [0.5, 0.6) is 0 Å². The minimum absolute atomic E-state index is 0.298. The van der Waals surface area contributed by atoms with Gasteiger partial charge in [0.1, 0.15) is 5.60 Å². The standard InChI is InChI=1S/C15H15NO2/c1-15(2,3)18-14(17)16-12-8-10-6-4-5-7-11(10)9-13(12)16/h4-9H,1-3H3. The van der Waals surface area contributed by atoms with E-state index in [0.29, 0.717) is 0 Å². The first-order chi connectivity index (χ1) is 8.46. The van der Waals surface area contributed by atoms with Crippen LogP contribution in [0, 0.1) is 0 Å². The Morgan fingerprint density at radius 2 is 1.56 bits per heavy atom. The summed E-state index contributed by atoms with van der Waals surface area (Å²) in [5.41, 5.74) is 1.43. The zero-order chi connectivity index (χ0) is 12.9. The van der Waals surface area contributed by atoms with Crippen LogP contribution in [0.15, 0.2) is 36.4 Å². The van der Waals surface area contributed by atoms with Crippen molar-refractivity contribution in [3.63, 3.8) is 0 Å². The van der Waals surface area contributed by atoms with Gasteiger partial charge in [-0.25, -0.2) is 9.69 Å². The summed E-state index contributed by atoms with van der Waals surface area (Å²) in [4.78, 5) is 13.6. The SMILES string of the molecule is CC(C)(C)OC(=O)N1c2cc3ccccc3cc21. The monoisotopic (exact) mass is 241 g/mol. The van der Waals surface area contributed by atoms with Crippen LogP contribution >= 0.6 is 0 Å². The quantitative estimate of drug-likeness (QED) is 0.646. The average molecular weight is 241 g/mol. The zero-order valence-electron chi connectivity index (χ0n) is 10.7. The van der Waals surface area contributed by atoms with Crippen LogP contribution < -0.4 is 4.90 Å². The first-order valence-electron chi connectivity index (χ1n) is 6.02. The van der Waals surface area contributed by atoms with E-state index in [9.17, 15) is 4.79 Å². The van der Waals surface area contributed by atoms with Crippen LogP contribution in [-0.2, 0) is 4.74 Å². The van der Waals surface area contributed by atoms with Crippen molar-refractivity contribution in [2.45, 2.75) is 26.4 Å². The molecule has 0 saturated carbocycles. The van der Waals surface area contributed by atoms with E-state index in [-0.39, 0.29) is 6.09 Å². The number of hydrogen-bond donors (Lipinski definition) is 0. The molecule has 0 unspecified atom stereocenters. The molecule has 1 heterocycles. The molecule has 3 heteroatoms. The number of rotatable bonds is 0. The molecule has 0 N–H and O–H groups in total. The largest absolute Gasteiger partial charge is 0.443 e. The Bertz CT molecular complexity index is 598. The molecular formula is C15H15NO2. The minimum atomic E-state index is -0.462. The second-order valence-corrected chi connectivity index (χ2v) is 5.50. The Balaban J connectivity index is 1.90. The van der Waals surface area contributed by atoms with E-state index < -0.39 is 5.60 Å². The predicted molar refractivity (Wildman–Crippen MR) is 72.3 cm³/mol. The van der Waals surface area contributed by atoms with Gasteiger partial charge in [0, 0.05) is 0 Å². The van der Waals surface area contributed by atoms with Crippen molar-refractivity contribution in [2.24, 2.45) is 0 Å². The van der Waals surface area contributed by atoms with Crippen LogP contribution in [0.4, 0.5) is 16.2 Å². The summed E-state index contributed by atoms with van der Waals surface area (Å²) in [5, 5.41) is 2.28. The molecule has 0 fully saturated rings. The molecule has 2 aromatic carbocycles. The van der Waals surface area contributed by atoms with Crippen LogP contribution in [0.1, 0.15) is 20.8 Å². The highest BCUT2D eigenvalue weighted by Gasteiger charge is 2.38. The van der Waals surface area contributed by atoms with Crippen molar-refractivity contribution >= 4 is 28.2 Å². The molecule has 0 spiro atoms. The van der Waals surface area contributed by atoms with Crippen LogP contribution in [0.25, 0.3) is 10.8 Å². The first-order valence-corrected chi connectivity index (χ1v) is 6.02. The highest BCUT2D eigenvalue weighted by atomic mass is 16.6. The molecule has 1 aliphatic rings. The highest BCUT2D eigenvalue weighted by Crippen LogP contribution is 2.50. The second-order valence-electron chi connectivity index (χ2n) is 5.50. The molecule has 0 atom stereocenters. The maximum atomic E-state index is 12.0. The number of carbonyl (C=O) groups excluding carboxylic acids is 1.